The summed E-state index contributed by atoms with van der Waals surface area (Å²) in [6.45, 7) is 10.5. The number of carbonyl (C=O) groups excluding carboxylic acids is 1. The molecular weight excluding hydrogens is 312 g/mol. The van der Waals surface area contributed by atoms with Crippen molar-refractivity contribution in [2.45, 2.75) is 59.0 Å². The molecular formula is C18H33ClN2O2. The largest absolute Gasteiger partial charge is 0.377 e. The molecule has 1 amide bonds. The molecule has 0 aromatic carbocycles. The number of nitrogens with one attached hydrogen (secondary N) is 2. The van der Waals surface area contributed by atoms with E-state index in [9.17, 15) is 4.79 Å². The number of piperidine rings is 1. The second-order valence-corrected chi connectivity index (χ2v) is 8.67. The Labute approximate surface area is 146 Å². The fourth-order valence-electron chi connectivity index (χ4n) is 4.56. The minimum atomic E-state index is 0. The van der Waals surface area contributed by atoms with Crippen molar-refractivity contribution in [1.82, 2.24) is 10.6 Å². The van der Waals surface area contributed by atoms with E-state index < -0.39 is 0 Å². The second kappa shape index (κ2) is 7.28. The molecule has 1 aliphatic carbocycles. The topological polar surface area (TPSA) is 50.4 Å². The normalized spacial score (nSPS) is 32.9. The average molecular weight is 345 g/mol. The maximum Gasteiger partial charge on any atom is 0.223 e. The molecule has 3 rings (SSSR count). The fraction of sp³-hybridized carbons (Fsp3) is 0.944. The van der Waals surface area contributed by atoms with Crippen LogP contribution in [-0.2, 0) is 9.53 Å². The Morgan fingerprint density at radius 2 is 2.00 bits per heavy atom. The zero-order valence-corrected chi connectivity index (χ0v) is 15.6. The summed E-state index contributed by atoms with van der Waals surface area (Å²) in [7, 11) is 0. The first-order chi connectivity index (χ1) is 10.4. The summed E-state index contributed by atoms with van der Waals surface area (Å²) in [5.41, 5.74) is 0.480. The zero-order chi connectivity index (χ0) is 15.8. The first kappa shape index (κ1) is 19.0. The summed E-state index contributed by atoms with van der Waals surface area (Å²) in [5.74, 6) is 1.02. The van der Waals surface area contributed by atoms with Crippen molar-refractivity contribution in [3.8, 4) is 0 Å². The zero-order valence-electron chi connectivity index (χ0n) is 14.8. The van der Waals surface area contributed by atoms with Crippen LogP contribution < -0.4 is 10.6 Å². The van der Waals surface area contributed by atoms with Gasteiger partial charge in [0.15, 0.2) is 0 Å². The van der Waals surface area contributed by atoms with E-state index in [2.05, 4.69) is 31.4 Å². The second-order valence-electron chi connectivity index (χ2n) is 8.67. The van der Waals surface area contributed by atoms with Gasteiger partial charge in [-0.05, 0) is 56.0 Å². The third-order valence-electron chi connectivity index (χ3n) is 5.94. The number of hydrogen-bond donors (Lipinski definition) is 2. The lowest BCUT2D eigenvalue weighted by atomic mass is 9.78. The van der Waals surface area contributed by atoms with E-state index >= 15 is 0 Å². The first-order valence-corrected chi connectivity index (χ1v) is 9.02. The lowest BCUT2D eigenvalue weighted by Gasteiger charge is -2.40. The van der Waals surface area contributed by atoms with Gasteiger partial charge in [0, 0.05) is 25.0 Å². The molecule has 4 nitrogen and oxygen atoms in total. The quantitative estimate of drug-likeness (QED) is 0.827. The van der Waals surface area contributed by atoms with Crippen LogP contribution in [0.2, 0.25) is 0 Å². The highest BCUT2D eigenvalue weighted by Gasteiger charge is 2.57. The molecule has 0 aromatic rings. The summed E-state index contributed by atoms with van der Waals surface area (Å²) >= 11 is 0. The van der Waals surface area contributed by atoms with Crippen LogP contribution in [0.15, 0.2) is 0 Å². The van der Waals surface area contributed by atoms with Crippen LogP contribution >= 0.6 is 12.4 Å². The van der Waals surface area contributed by atoms with Gasteiger partial charge in [0.05, 0.1) is 6.10 Å². The molecule has 23 heavy (non-hydrogen) atoms. The number of ether oxygens (including phenoxy) is 1. The summed E-state index contributed by atoms with van der Waals surface area (Å²) in [6, 6.07) is 0. The van der Waals surface area contributed by atoms with Crippen LogP contribution in [0.4, 0.5) is 0 Å². The Balaban J connectivity index is 0.00000192. The van der Waals surface area contributed by atoms with Crippen molar-refractivity contribution in [2.75, 3.05) is 26.2 Å². The van der Waals surface area contributed by atoms with Gasteiger partial charge in [0.1, 0.15) is 0 Å². The highest BCUT2D eigenvalue weighted by molar-refractivity contribution is 5.85. The van der Waals surface area contributed by atoms with E-state index in [4.69, 9.17) is 4.74 Å². The van der Waals surface area contributed by atoms with Crippen molar-refractivity contribution in [1.29, 1.82) is 0 Å². The van der Waals surface area contributed by atoms with E-state index in [1.54, 1.807) is 0 Å². The average Bonchev–Trinajstić information content (AvgIpc) is 3.18. The van der Waals surface area contributed by atoms with Crippen LogP contribution in [0.1, 0.15) is 52.9 Å². The molecule has 3 aliphatic rings. The van der Waals surface area contributed by atoms with Crippen LogP contribution in [0.5, 0.6) is 0 Å². The monoisotopic (exact) mass is 344 g/mol. The molecule has 0 radical (unpaired) electrons. The first-order valence-electron chi connectivity index (χ1n) is 9.02. The van der Waals surface area contributed by atoms with E-state index in [-0.39, 0.29) is 29.8 Å². The number of hydrogen-bond acceptors (Lipinski definition) is 3. The number of amides is 1. The van der Waals surface area contributed by atoms with Gasteiger partial charge in [-0.1, -0.05) is 20.8 Å². The molecule has 2 heterocycles. The molecule has 0 bridgehead atoms. The van der Waals surface area contributed by atoms with Gasteiger partial charge in [-0.3, -0.25) is 4.79 Å². The Hall–Kier alpha value is -0.320. The lowest BCUT2D eigenvalue weighted by Crippen LogP contribution is -2.45. The van der Waals surface area contributed by atoms with Crippen molar-refractivity contribution in [2.24, 2.45) is 22.7 Å². The van der Waals surface area contributed by atoms with E-state index in [1.165, 1.54) is 19.3 Å². The van der Waals surface area contributed by atoms with Gasteiger partial charge in [-0.2, -0.15) is 0 Å². The maximum absolute atomic E-state index is 12.5. The molecule has 3 fully saturated rings. The maximum atomic E-state index is 12.5. The third-order valence-corrected chi connectivity index (χ3v) is 5.94. The summed E-state index contributed by atoms with van der Waals surface area (Å²) in [6.07, 6.45) is 5.98. The summed E-state index contributed by atoms with van der Waals surface area (Å²) in [5, 5.41) is 6.65. The molecule has 2 aliphatic heterocycles. The Kier molecular flexibility index (Phi) is 6.02. The minimum absolute atomic E-state index is 0. The van der Waals surface area contributed by atoms with Crippen molar-refractivity contribution < 1.29 is 9.53 Å². The van der Waals surface area contributed by atoms with Gasteiger partial charge in [0.2, 0.25) is 5.91 Å². The van der Waals surface area contributed by atoms with E-state index in [0.29, 0.717) is 17.2 Å². The van der Waals surface area contributed by atoms with Crippen molar-refractivity contribution in [3.63, 3.8) is 0 Å². The highest BCUT2D eigenvalue weighted by Crippen LogP contribution is 2.58. The molecule has 1 spiro atoms. The SMILES string of the molecule is CC(C)(C)C1OCCCC1CNC(=O)C1CC12CCNCC2.Cl. The predicted molar refractivity (Wildman–Crippen MR) is 94.8 cm³/mol. The highest BCUT2D eigenvalue weighted by atomic mass is 35.5. The molecule has 1 saturated carbocycles. The molecule has 2 N–H and O–H groups in total. The Morgan fingerprint density at radius 3 is 2.65 bits per heavy atom. The van der Waals surface area contributed by atoms with Crippen LogP contribution in [0, 0.1) is 22.7 Å². The molecule has 3 unspecified atom stereocenters. The van der Waals surface area contributed by atoms with Gasteiger partial charge < -0.3 is 15.4 Å². The molecule has 134 valence electrons. The number of carbonyl (C=O) groups is 1. The van der Waals surface area contributed by atoms with Crippen molar-refractivity contribution in [3.05, 3.63) is 0 Å². The van der Waals surface area contributed by atoms with Crippen LogP contribution in [-0.4, -0.2) is 38.3 Å². The summed E-state index contributed by atoms with van der Waals surface area (Å²) in [4.78, 5) is 12.5. The van der Waals surface area contributed by atoms with Gasteiger partial charge in [-0.15, -0.1) is 12.4 Å². The van der Waals surface area contributed by atoms with Crippen LogP contribution in [0.25, 0.3) is 0 Å². The van der Waals surface area contributed by atoms with Gasteiger partial charge in [0.25, 0.3) is 0 Å². The Bertz CT molecular complexity index is 416. The Morgan fingerprint density at radius 1 is 1.30 bits per heavy atom. The number of halogens is 1. The number of rotatable bonds is 3. The molecule has 2 saturated heterocycles. The summed E-state index contributed by atoms with van der Waals surface area (Å²) < 4.78 is 6.01. The molecule has 0 aromatic heterocycles. The fourth-order valence-corrected chi connectivity index (χ4v) is 4.56. The van der Waals surface area contributed by atoms with Gasteiger partial charge >= 0.3 is 0 Å². The van der Waals surface area contributed by atoms with Crippen LogP contribution in [0.3, 0.4) is 0 Å². The standard InChI is InChI=1S/C18H32N2O2.ClH/c1-17(2,3)15-13(5-4-10-22-15)12-20-16(21)14-11-18(14)6-8-19-9-7-18;/h13-15,19H,4-12H2,1-3H3,(H,20,21);1H. The molecule has 5 heteroatoms. The minimum Gasteiger partial charge on any atom is -0.377 e. The van der Waals surface area contributed by atoms with Gasteiger partial charge in [-0.25, -0.2) is 0 Å². The lowest BCUT2D eigenvalue weighted by molar-refractivity contribution is -0.125. The van der Waals surface area contributed by atoms with E-state index in [0.717, 1.165) is 39.1 Å². The van der Waals surface area contributed by atoms with Crippen molar-refractivity contribution >= 4 is 18.3 Å². The molecule has 3 atom stereocenters. The smallest absolute Gasteiger partial charge is 0.223 e. The third kappa shape index (κ3) is 4.21. The van der Waals surface area contributed by atoms with E-state index in [1.807, 2.05) is 0 Å². The predicted octanol–water partition coefficient (Wildman–Crippen LogP) is 2.76.